The molecule has 5 heteroatoms. The SMILES string of the molecule is CN(C)Cc1ccccc1-c1cc(F)ccc1NOCF. The maximum Gasteiger partial charge on any atom is 0.214 e. The monoisotopic (exact) mass is 292 g/mol. The summed E-state index contributed by atoms with van der Waals surface area (Å²) >= 11 is 0. The maximum atomic E-state index is 13.6. The van der Waals surface area contributed by atoms with E-state index >= 15 is 0 Å². The van der Waals surface area contributed by atoms with E-state index in [1.165, 1.54) is 18.2 Å². The molecule has 2 rings (SSSR count). The van der Waals surface area contributed by atoms with Gasteiger partial charge >= 0.3 is 0 Å². The summed E-state index contributed by atoms with van der Waals surface area (Å²) < 4.78 is 25.8. The molecular formula is C16H18F2N2O. The van der Waals surface area contributed by atoms with Crippen molar-refractivity contribution in [2.24, 2.45) is 0 Å². The molecule has 0 aliphatic rings. The standard InChI is InChI=1S/C16H18F2N2O/c1-20(2)10-12-5-3-4-6-14(12)15-9-13(18)7-8-16(15)19-21-11-17/h3-9,19H,10-11H2,1-2H3. The van der Waals surface area contributed by atoms with E-state index in [0.717, 1.165) is 17.7 Å². The Hall–Kier alpha value is -1.98. The van der Waals surface area contributed by atoms with Crippen molar-refractivity contribution in [3.63, 3.8) is 0 Å². The molecule has 2 aromatic carbocycles. The molecule has 0 saturated carbocycles. The van der Waals surface area contributed by atoms with Gasteiger partial charge in [0.05, 0.1) is 5.69 Å². The zero-order valence-corrected chi connectivity index (χ0v) is 12.1. The zero-order valence-electron chi connectivity index (χ0n) is 12.1. The first-order valence-electron chi connectivity index (χ1n) is 6.58. The molecule has 0 fully saturated rings. The van der Waals surface area contributed by atoms with E-state index < -0.39 is 6.86 Å². The minimum atomic E-state index is -0.962. The van der Waals surface area contributed by atoms with E-state index in [-0.39, 0.29) is 5.82 Å². The van der Waals surface area contributed by atoms with Crippen LogP contribution >= 0.6 is 0 Å². The predicted octanol–water partition coefficient (Wildman–Crippen LogP) is 3.82. The van der Waals surface area contributed by atoms with Gasteiger partial charge in [-0.2, -0.15) is 0 Å². The molecule has 0 unspecified atom stereocenters. The van der Waals surface area contributed by atoms with E-state index in [2.05, 4.69) is 10.3 Å². The predicted molar refractivity (Wildman–Crippen MR) is 79.9 cm³/mol. The van der Waals surface area contributed by atoms with Crippen LogP contribution in [0.25, 0.3) is 11.1 Å². The zero-order chi connectivity index (χ0) is 15.2. The molecule has 0 aliphatic carbocycles. The summed E-state index contributed by atoms with van der Waals surface area (Å²) in [6, 6.07) is 12.0. The number of nitrogens with one attached hydrogen (secondary N) is 1. The Balaban J connectivity index is 2.47. The van der Waals surface area contributed by atoms with Crippen LogP contribution in [-0.4, -0.2) is 25.9 Å². The van der Waals surface area contributed by atoms with E-state index in [0.29, 0.717) is 11.3 Å². The van der Waals surface area contributed by atoms with Gasteiger partial charge in [0.25, 0.3) is 0 Å². The lowest BCUT2D eigenvalue weighted by atomic mass is 9.98. The van der Waals surface area contributed by atoms with Gasteiger partial charge in [-0.05, 0) is 43.4 Å². The number of hydrogen-bond acceptors (Lipinski definition) is 3. The molecule has 0 radical (unpaired) electrons. The first kappa shape index (κ1) is 15.4. The summed E-state index contributed by atoms with van der Waals surface area (Å²) in [4.78, 5) is 6.62. The molecule has 0 heterocycles. The second-order valence-corrected chi connectivity index (χ2v) is 4.94. The number of rotatable bonds is 6. The summed E-state index contributed by atoms with van der Waals surface area (Å²) in [6.45, 7) is -0.244. The largest absolute Gasteiger partial charge is 0.305 e. The number of alkyl halides is 1. The Bertz CT molecular complexity index is 603. The van der Waals surface area contributed by atoms with Gasteiger partial charge < -0.3 is 4.90 Å². The van der Waals surface area contributed by atoms with Gasteiger partial charge in [0.1, 0.15) is 5.82 Å². The quantitative estimate of drug-likeness (QED) is 0.819. The van der Waals surface area contributed by atoms with Crippen molar-refractivity contribution in [2.75, 3.05) is 26.4 Å². The van der Waals surface area contributed by atoms with Gasteiger partial charge in [-0.1, -0.05) is 24.3 Å². The number of nitrogens with zero attached hydrogens (tertiary/aromatic N) is 1. The third kappa shape index (κ3) is 4.00. The average molecular weight is 292 g/mol. The van der Waals surface area contributed by atoms with Crippen molar-refractivity contribution in [1.82, 2.24) is 4.90 Å². The molecule has 0 spiro atoms. The highest BCUT2D eigenvalue weighted by Crippen LogP contribution is 2.32. The lowest BCUT2D eigenvalue weighted by molar-refractivity contribution is 0.101. The Morgan fingerprint density at radius 3 is 2.57 bits per heavy atom. The topological polar surface area (TPSA) is 24.5 Å². The normalized spacial score (nSPS) is 10.9. The third-order valence-corrected chi connectivity index (χ3v) is 3.01. The van der Waals surface area contributed by atoms with E-state index in [1.54, 1.807) is 0 Å². The van der Waals surface area contributed by atoms with Crippen LogP contribution in [-0.2, 0) is 11.4 Å². The van der Waals surface area contributed by atoms with Crippen molar-refractivity contribution >= 4 is 5.69 Å². The lowest BCUT2D eigenvalue weighted by Gasteiger charge is -2.17. The molecule has 112 valence electrons. The maximum absolute atomic E-state index is 13.6. The average Bonchev–Trinajstić information content (AvgIpc) is 2.46. The van der Waals surface area contributed by atoms with Gasteiger partial charge in [-0.3, -0.25) is 5.48 Å². The fourth-order valence-electron chi connectivity index (χ4n) is 2.19. The molecule has 0 bridgehead atoms. The summed E-state index contributed by atoms with van der Waals surface area (Å²) in [5.74, 6) is -0.351. The first-order chi connectivity index (χ1) is 10.1. The van der Waals surface area contributed by atoms with Crippen LogP contribution in [0.2, 0.25) is 0 Å². The molecule has 0 aromatic heterocycles. The third-order valence-electron chi connectivity index (χ3n) is 3.01. The van der Waals surface area contributed by atoms with Crippen molar-refractivity contribution in [2.45, 2.75) is 6.54 Å². The molecule has 3 nitrogen and oxygen atoms in total. The highest BCUT2D eigenvalue weighted by molar-refractivity contribution is 5.79. The minimum Gasteiger partial charge on any atom is -0.305 e. The van der Waals surface area contributed by atoms with Crippen LogP contribution in [0.4, 0.5) is 14.5 Å². The molecule has 0 amide bonds. The van der Waals surface area contributed by atoms with Crippen LogP contribution in [0.1, 0.15) is 5.56 Å². The smallest absolute Gasteiger partial charge is 0.214 e. The van der Waals surface area contributed by atoms with E-state index in [9.17, 15) is 8.78 Å². The molecule has 2 aromatic rings. The summed E-state index contributed by atoms with van der Waals surface area (Å²) in [7, 11) is 3.93. The van der Waals surface area contributed by atoms with Gasteiger partial charge in [0, 0.05) is 12.1 Å². The second kappa shape index (κ2) is 7.15. The Morgan fingerprint density at radius 1 is 1.10 bits per heavy atom. The van der Waals surface area contributed by atoms with Crippen LogP contribution in [0.5, 0.6) is 0 Å². The Kier molecular flexibility index (Phi) is 5.25. The highest BCUT2D eigenvalue weighted by atomic mass is 19.1. The van der Waals surface area contributed by atoms with Gasteiger partial charge in [0.15, 0.2) is 0 Å². The van der Waals surface area contributed by atoms with Gasteiger partial charge in [-0.25, -0.2) is 13.6 Å². The van der Waals surface area contributed by atoms with Crippen LogP contribution in [0.3, 0.4) is 0 Å². The van der Waals surface area contributed by atoms with Crippen molar-refractivity contribution in [3.8, 4) is 11.1 Å². The highest BCUT2D eigenvalue weighted by Gasteiger charge is 2.11. The first-order valence-corrected chi connectivity index (χ1v) is 6.58. The number of halogens is 2. The lowest BCUT2D eigenvalue weighted by Crippen LogP contribution is -2.11. The summed E-state index contributed by atoms with van der Waals surface area (Å²) in [5.41, 5.74) is 5.62. The number of benzene rings is 2. The molecule has 21 heavy (non-hydrogen) atoms. The van der Waals surface area contributed by atoms with Crippen LogP contribution < -0.4 is 5.48 Å². The second-order valence-electron chi connectivity index (χ2n) is 4.94. The Labute approximate surface area is 123 Å². The molecular weight excluding hydrogens is 274 g/mol. The summed E-state index contributed by atoms with van der Waals surface area (Å²) in [5, 5.41) is 0. The molecule has 1 N–H and O–H groups in total. The molecule has 0 aliphatic heterocycles. The summed E-state index contributed by atoms with van der Waals surface area (Å²) in [6.07, 6.45) is 0. The fraction of sp³-hybridized carbons (Fsp3) is 0.250. The van der Waals surface area contributed by atoms with Gasteiger partial charge in [-0.15, -0.1) is 0 Å². The number of anilines is 1. The van der Waals surface area contributed by atoms with E-state index in [4.69, 9.17) is 0 Å². The van der Waals surface area contributed by atoms with Crippen molar-refractivity contribution < 1.29 is 13.6 Å². The Morgan fingerprint density at radius 2 is 1.86 bits per heavy atom. The number of hydrogen-bond donors (Lipinski definition) is 1. The van der Waals surface area contributed by atoms with Gasteiger partial charge in [0.2, 0.25) is 6.86 Å². The van der Waals surface area contributed by atoms with Crippen LogP contribution in [0, 0.1) is 5.82 Å². The molecule has 0 atom stereocenters. The fourth-order valence-corrected chi connectivity index (χ4v) is 2.19. The minimum absolute atomic E-state index is 0.351. The van der Waals surface area contributed by atoms with E-state index in [1.807, 2.05) is 43.3 Å². The van der Waals surface area contributed by atoms with Crippen LogP contribution in [0.15, 0.2) is 42.5 Å². The molecule has 0 saturated heterocycles. The van der Waals surface area contributed by atoms with Crippen molar-refractivity contribution in [3.05, 3.63) is 53.8 Å². The van der Waals surface area contributed by atoms with Crippen molar-refractivity contribution in [1.29, 1.82) is 0 Å².